The number of hydrogen-bond acceptors (Lipinski definition) is 7. The van der Waals surface area contributed by atoms with Gasteiger partial charge >= 0.3 is 7.60 Å². The normalized spacial score (nSPS) is 11.7. The van der Waals surface area contributed by atoms with E-state index >= 15 is 0 Å². The molecule has 8 heteroatoms. The van der Waals surface area contributed by atoms with E-state index in [4.69, 9.17) is 13.6 Å². The van der Waals surface area contributed by atoms with Gasteiger partial charge in [-0.15, -0.1) is 0 Å². The van der Waals surface area contributed by atoms with Crippen molar-refractivity contribution in [3.05, 3.63) is 30.2 Å². The van der Waals surface area contributed by atoms with Crippen LogP contribution in [0.2, 0.25) is 0 Å². The fraction of sp³-hybridized carbons (Fsp3) is 0.417. The molecule has 0 aliphatic heterocycles. The molecule has 2 aromatic rings. The van der Waals surface area contributed by atoms with Gasteiger partial charge in [0, 0.05) is 6.20 Å². The van der Waals surface area contributed by atoms with Gasteiger partial charge in [-0.25, -0.2) is 0 Å². The average molecular weight is 297 g/mol. The standard InChI is InChI=1S/C12H16N3O4P/c1-3-17-20(16,18-4-2)9-11-14-12(19-15-11)10-7-5-6-8-13-10/h5-8H,3-4,9H2,1-2H3. The summed E-state index contributed by atoms with van der Waals surface area (Å²) in [6.45, 7) is 4.09. The molecule has 0 saturated heterocycles. The molecule has 2 aromatic heterocycles. The zero-order chi connectivity index (χ0) is 14.4. The molecular formula is C12H16N3O4P. The Balaban J connectivity index is 2.15. The summed E-state index contributed by atoms with van der Waals surface area (Å²) in [6, 6.07) is 5.36. The van der Waals surface area contributed by atoms with Crippen LogP contribution in [0.25, 0.3) is 11.6 Å². The Morgan fingerprint density at radius 3 is 2.60 bits per heavy atom. The molecule has 0 radical (unpaired) electrons. The highest BCUT2D eigenvalue weighted by atomic mass is 31.2. The maximum atomic E-state index is 12.3. The zero-order valence-electron chi connectivity index (χ0n) is 11.4. The van der Waals surface area contributed by atoms with Crippen molar-refractivity contribution in [2.75, 3.05) is 13.2 Å². The first-order valence-electron chi connectivity index (χ1n) is 6.29. The van der Waals surface area contributed by atoms with Gasteiger partial charge in [0.25, 0.3) is 5.89 Å². The van der Waals surface area contributed by atoms with Gasteiger partial charge in [0.05, 0.1) is 13.2 Å². The molecule has 2 rings (SSSR count). The van der Waals surface area contributed by atoms with Crippen LogP contribution in [-0.2, 0) is 19.8 Å². The van der Waals surface area contributed by atoms with E-state index < -0.39 is 7.60 Å². The van der Waals surface area contributed by atoms with Crippen molar-refractivity contribution in [2.24, 2.45) is 0 Å². The van der Waals surface area contributed by atoms with E-state index in [1.54, 1.807) is 32.2 Å². The van der Waals surface area contributed by atoms with Gasteiger partial charge in [0.1, 0.15) is 11.9 Å². The van der Waals surface area contributed by atoms with Gasteiger partial charge < -0.3 is 13.6 Å². The van der Waals surface area contributed by atoms with Crippen LogP contribution in [0.15, 0.2) is 28.9 Å². The van der Waals surface area contributed by atoms with Crippen molar-refractivity contribution in [1.82, 2.24) is 15.1 Å². The summed E-state index contributed by atoms with van der Waals surface area (Å²) >= 11 is 0. The van der Waals surface area contributed by atoms with Crippen LogP contribution in [0.3, 0.4) is 0 Å². The summed E-state index contributed by atoms with van der Waals surface area (Å²) in [5.41, 5.74) is 0.564. The highest BCUT2D eigenvalue weighted by Gasteiger charge is 2.27. The summed E-state index contributed by atoms with van der Waals surface area (Å²) in [5.74, 6) is 0.552. The van der Waals surface area contributed by atoms with Crippen molar-refractivity contribution in [1.29, 1.82) is 0 Å². The van der Waals surface area contributed by atoms with Crippen LogP contribution in [0.4, 0.5) is 0 Å². The van der Waals surface area contributed by atoms with Gasteiger partial charge in [0.15, 0.2) is 5.82 Å². The van der Waals surface area contributed by atoms with E-state index in [2.05, 4.69) is 15.1 Å². The Labute approximate surface area is 116 Å². The lowest BCUT2D eigenvalue weighted by Crippen LogP contribution is -2.00. The van der Waals surface area contributed by atoms with Gasteiger partial charge in [-0.05, 0) is 26.0 Å². The van der Waals surface area contributed by atoms with E-state index in [0.29, 0.717) is 18.9 Å². The Kier molecular flexibility index (Phi) is 5.00. The second kappa shape index (κ2) is 6.74. The smallest absolute Gasteiger partial charge is 0.332 e. The monoisotopic (exact) mass is 297 g/mol. The van der Waals surface area contributed by atoms with Gasteiger partial charge in [-0.2, -0.15) is 4.98 Å². The molecule has 0 aliphatic rings. The number of hydrogen-bond donors (Lipinski definition) is 0. The lowest BCUT2D eigenvalue weighted by Gasteiger charge is -2.14. The summed E-state index contributed by atoms with van der Waals surface area (Å²) in [6.07, 6.45) is 1.61. The lowest BCUT2D eigenvalue weighted by atomic mass is 10.3. The van der Waals surface area contributed by atoms with Gasteiger partial charge in [-0.1, -0.05) is 11.2 Å². The summed E-state index contributed by atoms with van der Waals surface area (Å²) < 4.78 is 27.8. The molecule has 0 atom stereocenters. The largest absolute Gasteiger partial charge is 0.338 e. The number of pyridine rings is 1. The van der Waals surface area contributed by atoms with E-state index in [0.717, 1.165) is 0 Å². The molecule has 7 nitrogen and oxygen atoms in total. The van der Waals surface area contributed by atoms with Crippen LogP contribution in [0, 0.1) is 0 Å². The molecule has 0 N–H and O–H groups in total. The van der Waals surface area contributed by atoms with Crippen molar-refractivity contribution in [3.8, 4) is 11.6 Å². The van der Waals surface area contributed by atoms with Crippen molar-refractivity contribution < 1.29 is 18.1 Å². The second-order valence-electron chi connectivity index (χ2n) is 3.84. The van der Waals surface area contributed by atoms with Gasteiger partial charge in [-0.3, -0.25) is 9.55 Å². The predicted octanol–water partition coefficient (Wildman–Crippen LogP) is 2.90. The summed E-state index contributed by atoms with van der Waals surface area (Å²) in [5, 5.41) is 3.78. The van der Waals surface area contributed by atoms with Crippen molar-refractivity contribution >= 4 is 7.60 Å². The van der Waals surface area contributed by atoms with E-state index in [9.17, 15) is 4.57 Å². The molecule has 108 valence electrons. The van der Waals surface area contributed by atoms with E-state index in [1.807, 2.05) is 6.07 Å². The second-order valence-corrected chi connectivity index (χ2v) is 5.89. The highest BCUT2D eigenvalue weighted by molar-refractivity contribution is 7.53. The molecule has 0 fully saturated rings. The third-order valence-corrected chi connectivity index (χ3v) is 4.31. The molecular weight excluding hydrogens is 281 g/mol. The van der Waals surface area contributed by atoms with Crippen LogP contribution in [0.5, 0.6) is 0 Å². The Morgan fingerprint density at radius 2 is 2.00 bits per heavy atom. The van der Waals surface area contributed by atoms with Crippen LogP contribution in [-0.4, -0.2) is 28.3 Å². The molecule has 0 amide bonds. The number of nitrogens with zero attached hydrogens (tertiary/aromatic N) is 3. The highest BCUT2D eigenvalue weighted by Crippen LogP contribution is 2.50. The molecule has 2 heterocycles. The number of aromatic nitrogens is 3. The maximum Gasteiger partial charge on any atom is 0.338 e. The third-order valence-electron chi connectivity index (χ3n) is 2.34. The summed E-state index contributed by atoms with van der Waals surface area (Å²) in [7, 11) is -3.22. The van der Waals surface area contributed by atoms with E-state index in [1.165, 1.54) is 0 Å². The topological polar surface area (TPSA) is 87.3 Å². The predicted molar refractivity (Wildman–Crippen MR) is 72.1 cm³/mol. The quantitative estimate of drug-likeness (QED) is 0.726. The minimum absolute atomic E-state index is 0.0228. The molecule has 0 aliphatic carbocycles. The Bertz CT molecular complexity index is 577. The van der Waals surface area contributed by atoms with Gasteiger partial charge in [0.2, 0.25) is 0 Å². The SMILES string of the molecule is CCOP(=O)(Cc1noc(-c2ccccn2)n1)OCC. The van der Waals surface area contributed by atoms with Crippen LogP contribution < -0.4 is 0 Å². The van der Waals surface area contributed by atoms with Crippen molar-refractivity contribution in [3.63, 3.8) is 0 Å². The van der Waals surface area contributed by atoms with Crippen LogP contribution in [0.1, 0.15) is 19.7 Å². The minimum Gasteiger partial charge on any atom is -0.332 e. The first-order valence-corrected chi connectivity index (χ1v) is 8.01. The molecule has 20 heavy (non-hydrogen) atoms. The molecule has 0 unspecified atom stereocenters. The van der Waals surface area contributed by atoms with E-state index in [-0.39, 0.29) is 17.9 Å². The summed E-state index contributed by atoms with van der Waals surface area (Å²) in [4.78, 5) is 8.26. The van der Waals surface area contributed by atoms with Crippen molar-refractivity contribution in [2.45, 2.75) is 20.0 Å². The lowest BCUT2D eigenvalue weighted by molar-refractivity contribution is 0.218. The average Bonchev–Trinajstić information content (AvgIpc) is 2.88. The maximum absolute atomic E-state index is 12.3. The molecule has 0 saturated carbocycles. The Morgan fingerprint density at radius 1 is 1.25 bits per heavy atom. The first kappa shape index (κ1) is 14.8. The molecule has 0 spiro atoms. The fourth-order valence-corrected chi connectivity index (χ4v) is 3.13. The first-order chi connectivity index (χ1) is 9.67. The third kappa shape index (κ3) is 3.72. The fourth-order valence-electron chi connectivity index (χ4n) is 1.61. The number of rotatable bonds is 7. The minimum atomic E-state index is -3.22. The Hall–Kier alpha value is -1.56. The zero-order valence-corrected chi connectivity index (χ0v) is 12.2. The molecule has 0 bridgehead atoms. The van der Waals surface area contributed by atoms with Crippen LogP contribution >= 0.6 is 7.60 Å². The molecule has 0 aromatic carbocycles.